The van der Waals surface area contributed by atoms with E-state index in [1.54, 1.807) is 6.92 Å². The summed E-state index contributed by atoms with van der Waals surface area (Å²) in [6.45, 7) is 2.02. The second-order valence-electron chi connectivity index (χ2n) is 4.85. The maximum Gasteiger partial charge on any atom is 0.193 e. The van der Waals surface area contributed by atoms with Crippen molar-refractivity contribution in [2.45, 2.75) is 38.7 Å². The number of anilines is 1. The van der Waals surface area contributed by atoms with Gasteiger partial charge in [0.05, 0.1) is 12.6 Å². The molecule has 1 atom stereocenters. The Morgan fingerprint density at radius 3 is 3.00 bits per heavy atom. The third-order valence-electron chi connectivity index (χ3n) is 3.18. The second-order valence-corrected chi connectivity index (χ2v) is 4.85. The third kappa shape index (κ3) is 3.23. The summed E-state index contributed by atoms with van der Waals surface area (Å²) in [6, 6.07) is 6.27. The topological polar surface area (TPSA) is 70.6 Å². The average Bonchev–Trinajstić information content (AvgIpc) is 2.37. The first-order chi connectivity index (χ1) is 8.66. The summed E-state index contributed by atoms with van der Waals surface area (Å²) in [7, 11) is 0. The molecule has 1 aliphatic carbocycles. The standard InChI is InChI=1S/C14H21N3O/c1-10(18)9-16-14(15)17-13-8-4-6-11-5-2-3-7-12(11)13/h4,6,8,10,18H,2-3,5,7,9H2,1H3,(H3,15,16,17). The van der Waals surface area contributed by atoms with Crippen LogP contribution in [0.5, 0.6) is 0 Å². The molecule has 4 nitrogen and oxygen atoms in total. The lowest BCUT2D eigenvalue weighted by atomic mass is 9.90. The molecule has 0 bridgehead atoms. The minimum Gasteiger partial charge on any atom is -0.391 e. The molecule has 4 heteroatoms. The van der Waals surface area contributed by atoms with Crippen molar-refractivity contribution >= 4 is 11.6 Å². The first kappa shape index (κ1) is 12.9. The van der Waals surface area contributed by atoms with Crippen molar-refractivity contribution in [3.8, 4) is 0 Å². The third-order valence-corrected chi connectivity index (χ3v) is 3.18. The Morgan fingerprint density at radius 2 is 2.22 bits per heavy atom. The molecule has 1 aromatic rings. The van der Waals surface area contributed by atoms with Crippen LogP contribution in [-0.4, -0.2) is 23.7 Å². The van der Waals surface area contributed by atoms with E-state index in [9.17, 15) is 0 Å². The number of nitrogens with zero attached hydrogens (tertiary/aromatic N) is 1. The molecule has 0 amide bonds. The summed E-state index contributed by atoms with van der Waals surface area (Å²) in [4.78, 5) is 4.10. The van der Waals surface area contributed by atoms with Crippen LogP contribution in [0.15, 0.2) is 23.2 Å². The summed E-state index contributed by atoms with van der Waals surface area (Å²) >= 11 is 0. The summed E-state index contributed by atoms with van der Waals surface area (Å²) in [5.74, 6) is 0.370. The van der Waals surface area contributed by atoms with Crippen molar-refractivity contribution in [2.24, 2.45) is 10.7 Å². The Bertz CT molecular complexity index is 441. The number of hydrogen-bond acceptors (Lipinski definition) is 2. The van der Waals surface area contributed by atoms with Gasteiger partial charge in [-0.1, -0.05) is 12.1 Å². The van der Waals surface area contributed by atoms with Crippen LogP contribution in [0.4, 0.5) is 5.69 Å². The van der Waals surface area contributed by atoms with Gasteiger partial charge in [0.2, 0.25) is 0 Å². The van der Waals surface area contributed by atoms with Gasteiger partial charge < -0.3 is 16.2 Å². The van der Waals surface area contributed by atoms with Crippen molar-refractivity contribution in [2.75, 3.05) is 11.9 Å². The van der Waals surface area contributed by atoms with E-state index in [0.717, 1.165) is 18.5 Å². The van der Waals surface area contributed by atoms with E-state index in [4.69, 9.17) is 10.8 Å². The first-order valence-electron chi connectivity index (χ1n) is 6.52. The predicted octanol–water partition coefficient (Wildman–Crippen LogP) is 1.67. The van der Waals surface area contributed by atoms with E-state index < -0.39 is 6.10 Å². The van der Waals surface area contributed by atoms with Crippen LogP contribution in [0.1, 0.15) is 30.9 Å². The van der Waals surface area contributed by atoms with E-state index in [0.29, 0.717) is 12.5 Å². The molecule has 0 fully saturated rings. The smallest absolute Gasteiger partial charge is 0.193 e. The van der Waals surface area contributed by atoms with Crippen LogP contribution in [-0.2, 0) is 12.8 Å². The van der Waals surface area contributed by atoms with Crippen molar-refractivity contribution in [3.63, 3.8) is 0 Å². The van der Waals surface area contributed by atoms with Gasteiger partial charge in [0, 0.05) is 5.69 Å². The predicted molar refractivity (Wildman–Crippen MR) is 74.9 cm³/mol. The van der Waals surface area contributed by atoms with E-state index >= 15 is 0 Å². The normalized spacial score (nSPS) is 17.1. The molecule has 1 unspecified atom stereocenters. The van der Waals surface area contributed by atoms with E-state index in [1.807, 2.05) is 6.07 Å². The number of hydrogen-bond donors (Lipinski definition) is 3. The molecule has 4 N–H and O–H groups in total. The van der Waals surface area contributed by atoms with Gasteiger partial charge in [-0.3, -0.25) is 4.99 Å². The molecule has 0 saturated carbocycles. The number of nitrogens with two attached hydrogens (primary N) is 1. The van der Waals surface area contributed by atoms with Crippen LogP contribution in [0.3, 0.4) is 0 Å². The molecule has 0 aliphatic heterocycles. The highest BCUT2D eigenvalue weighted by Gasteiger charge is 2.12. The number of aliphatic hydroxyl groups excluding tert-OH is 1. The highest BCUT2D eigenvalue weighted by atomic mass is 16.3. The molecule has 0 saturated heterocycles. The lowest BCUT2D eigenvalue weighted by Crippen LogP contribution is -2.25. The van der Waals surface area contributed by atoms with Gasteiger partial charge in [0.15, 0.2) is 5.96 Å². The van der Waals surface area contributed by atoms with Crippen LogP contribution in [0.25, 0.3) is 0 Å². The van der Waals surface area contributed by atoms with Crippen LogP contribution in [0, 0.1) is 0 Å². The average molecular weight is 247 g/mol. The highest BCUT2D eigenvalue weighted by molar-refractivity contribution is 5.93. The largest absolute Gasteiger partial charge is 0.391 e. The number of aliphatic imine (C=N–C) groups is 1. The van der Waals surface area contributed by atoms with Gasteiger partial charge in [-0.25, -0.2) is 0 Å². The molecule has 18 heavy (non-hydrogen) atoms. The van der Waals surface area contributed by atoms with Crippen molar-refractivity contribution < 1.29 is 5.11 Å². The molecule has 0 aromatic heterocycles. The Kier molecular flexibility index (Phi) is 4.20. The fraction of sp³-hybridized carbons (Fsp3) is 0.500. The number of rotatable bonds is 3. The van der Waals surface area contributed by atoms with E-state index in [-0.39, 0.29) is 0 Å². The zero-order valence-electron chi connectivity index (χ0n) is 10.8. The number of benzene rings is 1. The molecule has 1 aliphatic rings. The fourth-order valence-corrected chi connectivity index (χ4v) is 2.31. The molecular formula is C14H21N3O. The van der Waals surface area contributed by atoms with Crippen molar-refractivity contribution in [1.29, 1.82) is 0 Å². The quantitative estimate of drug-likeness (QED) is 0.562. The van der Waals surface area contributed by atoms with Gasteiger partial charge in [0.1, 0.15) is 0 Å². The Hall–Kier alpha value is -1.55. The molecule has 98 valence electrons. The Labute approximate surface area is 108 Å². The zero-order chi connectivity index (χ0) is 13.0. The minimum atomic E-state index is -0.463. The number of nitrogens with one attached hydrogen (secondary N) is 1. The number of aryl methyl sites for hydroxylation is 1. The number of fused-ring (bicyclic) bond motifs is 1. The first-order valence-corrected chi connectivity index (χ1v) is 6.52. The van der Waals surface area contributed by atoms with E-state index in [2.05, 4.69) is 22.4 Å². The second kappa shape index (κ2) is 5.87. The van der Waals surface area contributed by atoms with Gasteiger partial charge in [-0.05, 0) is 49.8 Å². The molecule has 0 heterocycles. The maximum atomic E-state index is 9.17. The number of guanidine groups is 1. The highest BCUT2D eigenvalue weighted by Crippen LogP contribution is 2.27. The Balaban J connectivity index is 2.12. The lowest BCUT2D eigenvalue weighted by Gasteiger charge is -2.19. The summed E-state index contributed by atoms with van der Waals surface area (Å²) < 4.78 is 0. The molecule has 0 radical (unpaired) electrons. The van der Waals surface area contributed by atoms with Crippen molar-refractivity contribution in [1.82, 2.24) is 0 Å². The summed E-state index contributed by atoms with van der Waals surface area (Å²) in [5.41, 5.74) is 9.64. The minimum absolute atomic E-state index is 0.327. The monoisotopic (exact) mass is 247 g/mol. The summed E-state index contributed by atoms with van der Waals surface area (Å²) in [6.07, 6.45) is 4.28. The van der Waals surface area contributed by atoms with Crippen LogP contribution >= 0.6 is 0 Å². The molecular weight excluding hydrogens is 226 g/mol. The van der Waals surface area contributed by atoms with Gasteiger partial charge >= 0.3 is 0 Å². The fourth-order valence-electron chi connectivity index (χ4n) is 2.31. The van der Waals surface area contributed by atoms with Gasteiger partial charge in [0.25, 0.3) is 0 Å². The van der Waals surface area contributed by atoms with Crippen LogP contribution in [0.2, 0.25) is 0 Å². The van der Waals surface area contributed by atoms with Gasteiger partial charge in [-0.2, -0.15) is 0 Å². The lowest BCUT2D eigenvalue weighted by molar-refractivity contribution is 0.204. The zero-order valence-corrected chi connectivity index (χ0v) is 10.8. The van der Waals surface area contributed by atoms with Crippen molar-refractivity contribution in [3.05, 3.63) is 29.3 Å². The van der Waals surface area contributed by atoms with E-state index in [1.165, 1.54) is 24.0 Å². The maximum absolute atomic E-state index is 9.17. The molecule has 2 rings (SSSR count). The van der Waals surface area contributed by atoms with Crippen LogP contribution < -0.4 is 11.1 Å². The number of aliphatic hydroxyl groups is 1. The molecule has 1 aromatic carbocycles. The SMILES string of the molecule is CC(O)CN=C(N)Nc1cccc2c1CCCC2. The summed E-state index contributed by atoms with van der Waals surface area (Å²) in [5, 5.41) is 12.3. The van der Waals surface area contributed by atoms with Gasteiger partial charge in [-0.15, -0.1) is 0 Å². The molecule has 0 spiro atoms. The Morgan fingerprint density at radius 1 is 1.44 bits per heavy atom.